The van der Waals surface area contributed by atoms with E-state index in [1.807, 2.05) is 26.0 Å². The van der Waals surface area contributed by atoms with Gasteiger partial charge in [0.25, 0.3) is 0 Å². The molecule has 1 unspecified atom stereocenters. The molecule has 0 saturated heterocycles. The maximum Gasteiger partial charge on any atom is 0.306 e. The van der Waals surface area contributed by atoms with Crippen molar-refractivity contribution < 1.29 is 19.2 Å². The SMILES string of the molecule is CCOC(=O)CC1(c2ccc(-c3ccc(-c4onc(C)c4C(O)CCCC4=CCCC=C4)cc3)cc2)CC1. The van der Waals surface area contributed by atoms with Gasteiger partial charge in [0.2, 0.25) is 0 Å². The fourth-order valence-electron chi connectivity index (χ4n) is 5.51. The van der Waals surface area contributed by atoms with Gasteiger partial charge in [0.15, 0.2) is 5.76 Å². The zero-order valence-electron chi connectivity index (χ0n) is 22.4. The summed E-state index contributed by atoms with van der Waals surface area (Å²) < 4.78 is 10.9. The third-order valence-corrected chi connectivity index (χ3v) is 7.88. The molecule has 2 aliphatic carbocycles. The number of carbonyl (C=O) groups is 1. The van der Waals surface area contributed by atoms with Crippen molar-refractivity contribution >= 4 is 5.97 Å². The Morgan fingerprint density at radius 3 is 2.37 bits per heavy atom. The number of aliphatic hydroxyl groups excluding tert-OH is 1. The number of esters is 1. The molecular formula is C33H37NO4. The van der Waals surface area contributed by atoms with E-state index in [9.17, 15) is 9.90 Å². The quantitative estimate of drug-likeness (QED) is 0.266. The molecule has 5 rings (SSSR count). The van der Waals surface area contributed by atoms with Gasteiger partial charge in [0.05, 0.1) is 30.4 Å². The van der Waals surface area contributed by atoms with Crippen molar-refractivity contribution in [1.29, 1.82) is 0 Å². The molecule has 38 heavy (non-hydrogen) atoms. The van der Waals surface area contributed by atoms with Crippen LogP contribution >= 0.6 is 0 Å². The molecule has 0 aliphatic heterocycles. The minimum atomic E-state index is -0.610. The fourth-order valence-corrected chi connectivity index (χ4v) is 5.51. The summed E-state index contributed by atoms with van der Waals surface area (Å²) in [4.78, 5) is 12.0. The molecule has 3 aromatic rings. The zero-order chi connectivity index (χ0) is 26.5. The molecule has 5 nitrogen and oxygen atoms in total. The first-order chi connectivity index (χ1) is 18.5. The maximum absolute atomic E-state index is 12.0. The average molecular weight is 512 g/mol. The molecule has 2 aromatic carbocycles. The van der Waals surface area contributed by atoms with Gasteiger partial charge in [-0.05, 0) is 75.5 Å². The van der Waals surface area contributed by atoms with E-state index in [-0.39, 0.29) is 11.4 Å². The van der Waals surface area contributed by atoms with Gasteiger partial charge in [-0.1, -0.05) is 77.5 Å². The third kappa shape index (κ3) is 5.83. The van der Waals surface area contributed by atoms with Crippen molar-refractivity contribution in [2.75, 3.05) is 6.61 Å². The number of ether oxygens (including phenoxy) is 1. The highest BCUT2D eigenvalue weighted by Crippen LogP contribution is 2.51. The van der Waals surface area contributed by atoms with Crippen molar-refractivity contribution in [2.24, 2.45) is 0 Å². The molecule has 1 saturated carbocycles. The highest BCUT2D eigenvalue weighted by molar-refractivity contribution is 5.73. The molecule has 198 valence electrons. The summed E-state index contributed by atoms with van der Waals surface area (Å²) in [7, 11) is 0. The molecule has 0 amide bonds. The number of hydrogen-bond acceptors (Lipinski definition) is 5. The normalized spacial score (nSPS) is 16.7. The van der Waals surface area contributed by atoms with E-state index in [0.29, 0.717) is 25.2 Å². The predicted octanol–water partition coefficient (Wildman–Crippen LogP) is 7.78. The second-order valence-corrected chi connectivity index (χ2v) is 10.6. The van der Waals surface area contributed by atoms with E-state index in [1.54, 1.807) is 0 Å². The van der Waals surface area contributed by atoms with Crippen LogP contribution in [0.4, 0.5) is 0 Å². The van der Waals surface area contributed by atoms with Crippen molar-refractivity contribution in [3.63, 3.8) is 0 Å². The van der Waals surface area contributed by atoms with E-state index in [0.717, 1.165) is 66.5 Å². The van der Waals surface area contributed by atoms with Crippen molar-refractivity contribution in [2.45, 2.75) is 76.7 Å². The summed E-state index contributed by atoms with van der Waals surface area (Å²) in [6.45, 7) is 4.16. The Morgan fingerprint density at radius 1 is 1.05 bits per heavy atom. The van der Waals surface area contributed by atoms with Gasteiger partial charge >= 0.3 is 5.97 Å². The van der Waals surface area contributed by atoms with Gasteiger partial charge in [-0.2, -0.15) is 0 Å². The van der Waals surface area contributed by atoms with Gasteiger partial charge in [-0.15, -0.1) is 0 Å². The van der Waals surface area contributed by atoms with Gasteiger partial charge in [0, 0.05) is 11.0 Å². The Morgan fingerprint density at radius 2 is 1.74 bits per heavy atom. The molecule has 1 fully saturated rings. The summed E-state index contributed by atoms with van der Waals surface area (Å²) in [6, 6.07) is 16.7. The van der Waals surface area contributed by atoms with Crippen LogP contribution in [-0.2, 0) is 14.9 Å². The van der Waals surface area contributed by atoms with Crippen molar-refractivity contribution in [3.8, 4) is 22.5 Å². The largest absolute Gasteiger partial charge is 0.466 e. The summed E-state index contributed by atoms with van der Waals surface area (Å²) in [5.41, 5.74) is 7.16. The highest BCUT2D eigenvalue weighted by Gasteiger charge is 2.46. The fraction of sp³-hybridized carbons (Fsp3) is 0.394. The molecule has 0 spiro atoms. The van der Waals surface area contributed by atoms with Gasteiger partial charge in [0.1, 0.15) is 0 Å². The summed E-state index contributed by atoms with van der Waals surface area (Å²) in [5.74, 6) is 0.527. The van der Waals surface area contributed by atoms with Crippen LogP contribution in [0.5, 0.6) is 0 Å². The molecule has 1 heterocycles. The number of nitrogens with zero attached hydrogens (tertiary/aromatic N) is 1. The van der Waals surface area contributed by atoms with Crippen LogP contribution in [0.25, 0.3) is 22.5 Å². The summed E-state index contributed by atoms with van der Waals surface area (Å²) in [5, 5.41) is 15.2. The summed E-state index contributed by atoms with van der Waals surface area (Å²) >= 11 is 0. The van der Waals surface area contributed by atoms with E-state index in [2.05, 4.69) is 59.8 Å². The predicted molar refractivity (Wildman–Crippen MR) is 150 cm³/mol. The van der Waals surface area contributed by atoms with E-state index >= 15 is 0 Å². The lowest BCUT2D eigenvalue weighted by molar-refractivity contribution is -0.143. The monoisotopic (exact) mass is 511 g/mol. The number of allylic oxidation sites excluding steroid dienone is 4. The van der Waals surface area contributed by atoms with Crippen LogP contribution < -0.4 is 0 Å². The van der Waals surface area contributed by atoms with E-state index < -0.39 is 6.10 Å². The second-order valence-electron chi connectivity index (χ2n) is 10.6. The lowest BCUT2D eigenvalue weighted by atomic mass is 9.90. The first-order valence-corrected chi connectivity index (χ1v) is 13.9. The zero-order valence-corrected chi connectivity index (χ0v) is 22.4. The molecule has 1 aromatic heterocycles. The Hall–Kier alpha value is -3.44. The van der Waals surface area contributed by atoms with Crippen LogP contribution in [0.2, 0.25) is 0 Å². The molecule has 2 aliphatic rings. The molecule has 0 radical (unpaired) electrons. The maximum atomic E-state index is 12.0. The lowest BCUT2D eigenvalue weighted by Gasteiger charge is -2.15. The topological polar surface area (TPSA) is 72.6 Å². The van der Waals surface area contributed by atoms with E-state index in [4.69, 9.17) is 9.26 Å². The number of aromatic nitrogens is 1. The number of rotatable bonds is 11. The van der Waals surface area contributed by atoms with Gasteiger partial charge < -0.3 is 14.4 Å². The first-order valence-electron chi connectivity index (χ1n) is 13.9. The number of aliphatic hydroxyl groups is 1. The Balaban J connectivity index is 1.25. The molecule has 5 heteroatoms. The second kappa shape index (κ2) is 11.5. The minimum Gasteiger partial charge on any atom is -0.466 e. The van der Waals surface area contributed by atoms with Gasteiger partial charge in [-0.3, -0.25) is 4.79 Å². The minimum absolute atomic E-state index is 0.0555. The average Bonchev–Trinajstić information content (AvgIpc) is 3.61. The summed E-state index contributed by atoms with van der Waals surface area (Å²) in [6.07, 6.45) is 13.4. The van der Waals surface area contributed by atoms with E-state index in [1.165, 1.54) is 11.1 Å². The van der Waals surface area contributed by atoms with Crippen LogP contribution in [0.1, 0.15) is 81.2 Å². The molecule has 1 atom stereocenters. The smallest absolute Gasteiger partial charge is 0.306 e. The molecule has 1 N–H and O–H groups in total. The van der Waals surface area contributed by atoms with Crippen LogP contribution in [0.15, 0.2) is 76.9 Å². The number of hydrogen-bond donors (Lipinski definition) is 1. The Bertz CT molecular complexity index is 1310. The third-order valence-electron chi connectivity index (χ3n) is 7.88. The lowest BCUT2D eigenvalue weighted by Crippen LogP contribution is -2.15. The van der Waals surface area contributed by atoms with Crippen LogP contribution in [-0.4, -0.2) is 22.8 Å². The number of carbonyl (C=O) groups excluding carboxylic acids is 1. The first kappa shape index (κ1) is 26.2. The van der Waals surface area contributed by atoms with Crippen LogP contribution in [0.3, 0.4) is 0 Å². The van der Waals surface area contributed by atoms with Crippen molar-refractivity contribution in [1.82, 2.24) is 5.16 Å². The Labute approximate surface area is 225 Å². The van der Waals surface area contributed by atoms with Crippen LogP contribution in [0, 0.1) is 6.92 Å². The number of aryl methyl sites for hydroxylation is 1. The van der Waals surface area contributed by atoms with Crippen molar-refractivity contribution in [3.05, 3.63) is 89.2 Å². The standard InChI is InChI=1S/C33H37NO4/c1-3-37-30(36)22-33(20-21-33)28-18-16-26(17-19-28)25-12-14-27(15-13-25)32-31(23(2)34-38-32)29(35)11-7-10-24-8-5-4-6-9-24/h5,8-9,12-19,29,35H,3-4,6-7,10-11,20-22H2,1-2H3. The Kier molecular flexibility index (Phi) is 7.94. The molecular weight excluding hydrogens is 474 g/mol. The van der Waals surface area contributed by atoms with Gasteiger partial charge in [-0.25, -0.2) is 0 Å². The number of benzene rings is 2. The molecule has 0 bridgehead atoms. The highest BCUT2D eigenvalue weighted by atomic mass is 16.5.